The Morgan fingerprint density at radius 2 is 1.74 bits per heavy atom. The smallest absolute Gasteiger partial charge is 0.243 e. The number of benzene rings is 2. The molecule has 1 heterocycles. The van der Waals surface area contributed by atoms with Gasteiger partial charge in [-0.15, -0.1) is 12.4 Å². The van der Waals surface area contributed by atoms with Gasteiger partial charge < -0.3 is 26.0 Å². The van der Waals surface area contributed by atoms with Crippen LogP contribution in [-0.4, -0.2) is 72.1 Å². The fraction of sp³-hybridized carbons (Fsp3) is 0.567. The lowest BCUT2D eigenvalue weighted by molar-refractivity contribution is -0.145. The second-order valence-corrected chi connectivity index (χ2v) is 11.9. The lowest BCUT2D eigenvalue weighted by Crippen LogP contribution is -2.55. The summed E-state index contributed by atoms with van der Waals surface area (Å²) in [5, 5.41) is 21.5. The van der Waals surface area contributed by atoms with Gasteiger partial charge in [-0.25, -0.2) is 0 Å². The molecule has 2 aliphatic rings. The third-order valence-corrected chi connectivity index (χ3v) is 7.37. The number of halogens is 1. The minimum atomic E-state index is -0.831. The largest absolute Gasteiger partial charge is 0.390 e. The van der Waals surface area contributed by atoms with Gasteiger partial charge in [-0.3, -0.25) is 14.4 Å². The van der Waals surface area contributed by atoms with E-state index < -0.39 is 23.6 Å². The Labute approximate surface area is 237 Å². The molecule has 2 aromatic carbocycles. The van der Waals surface area contributed by atoms with Crippen LogP contribution >= 0.6 is 12.4 Å². The van der Waals surface area contributed by atoms with Crippen molar-refractivity contribution in [3.8, 4) is 0 Å². The fourth-order valence-corrected chi connectivity index (χ4v) is 4.98. The van der Waals surface area contributed by atoms with Gasteiger partial charge >= 0.3 is 0 Å². The van der Waals surface area contributed by atoms with Gasteiger partial charge in [0.05, 0.1) is 6.10 Å². The van der Waals surface area contributed by atoms with Crippen LogP contribution in [0.3, 0.4) is 0 Å². The summed E-state index contributed by atoms with van der Waals surface area (Å²) in [5.41, 5.74) is 0.332. The van der Waals surface area contributed by atoms with E-state index in [9.17, 15) is 19.5 Å². The van der Waals surface area contributed by atoms with E-state index in [2.05, 4.69) is 16.0 Å². The number of hydrogen-bond acceptors (Lipinski definition) is 5. The summed E-state index contributed by atoms with van der Waals surface area (Å²) in [6, 6.07) is 12.6. The van der Waals surface area contributed by atoms with Gasteiger partial charge in [0.25, 0.3) is 0 Å². The zero-order chi connectivity index (χ0) is 27.3. The Kier molecular flexibility index (Phi) is 10.8. The number of aliphatic hydroxyl groups excluding tert-OH is 1. The molecule has 3 amide bonds. The minimum absolute atomic E-state index is 0. The molecule has 1 aliphatic heterocycles. The normalized spacial score (nSPS) is 18.8. The molecule has 0 bridgehead atoms. The first-order chi connectivity index (χ1) is 18.1. The van der Waals surface area contributed by atoms with Crippen molar-refractivity contribution in [3.63, 3.8) is 0 Å². The summed E-state index contributed by atoms with van der Waals surface area (Å²) in [7, 11) is 0. The molecule has 0 spiro atoms. The number of fused-ring (bicyclic) bond motifs is 1. The lowest BCUT2D eigenvalue weighted by Gasteiger charge is -2.31. The zero-order valence-corrected chi connectivity index (χ0v) is 24.1. The van der Waals surface area contributed by atoms with Crippen LogP contribution in [0.5, 0.6) is 0 Å². The molecule has 2 fully saturated rings. The van der Waals surface area contributed by atoms with Crippen LogP contribution in [0.15, 0.2) is 42.5 Å². The maximum atomic E-state index is 13.4. The highest BCUT2D eigenvalue weighted by Crippen LogP contribution is 2.27. The van der Waals surface area contributed by atoms with Crippen LogP contribution in [0.1, 0.15) is 52.0 Å². The van der Waals surface area contributed by atoms with E-state index in [1.165, 1.54) is 12.8 Å². The van der Waals surface area contributed by atoms with Gasteiger partial charge in [-0.05, 0) is 54.5 Å². The number of carbonyl (C=O) groups is 3. The third-order valence-electron chi connectivity index (χ3n) is 7.37. The second kappa shape index (κ2) is 13.6. The molecule has 2 aromatic rings. The van der Waals surface area contributed by atoms with Crippen LogP contribution in [0.2, 0.25) is 0 Å². The summed E-state index contributed by atoms with van der Waals surface area (Å²) in [6.45, 7) is 7.48. The summed E-state index contributed by atoms with van der Waals surface area (Å²) in [4.78, 5) is 41.3. The van der Waals surface area contributed by atoms with Crippen LogP contribution in [0.25, 0.3) is 10.8 Å². The summed E-state index contributed by atoms with van der Waals surface area (Å²) >= 11 is 0. The van der Waals surface area contributed by atoms with E-state index in [0.29, 0.717) is 31.8 Å². The average molecular weight is 559 g/mol. The highest BCUT2D eigenvalue weighted by molar-refractivity contribution is 5.93. The third kappa shape index (κ3) is 8.65. The molecule has 1 saturated carbocycles. The standard InChI is InChI=1S/C30H42N4O4.ClH/c1-30(2,3)29(38)34-14-6-9-26(34)28(37)33-25(16-21-12-13-22-7-4-5-8-23(22)15-21)27(36)32-19-24(35)18-31-17-20-10-11-20;/h4-5,7-8,12-13,15,20,24-26,31,35H,6,9-11,14,16-19H2,1-3H3,(H,32,36)(H,33,37);1H/t24?,25-,26?;/m1./s1. The number of aliphatic hydroxyl groups is 1. The van der Waals surface area contributed by atoms with Crippen molar-refractivity contribution in [2.75, 3.05) is 26.2 Å². The first-order valence-electron chi connectivity index (χ1n) is 13.9. The van der Waals surface area contributed by atoms with E-state index >= 15 is 0 Å². The number of rotatable bonds is 11. The summed E-state index contributed by atoms with van der Waals surface area (Å²) in [6.07, 6.45) is 3.37. The molecule has 39 heavy (non-hydrogen) atoms. The number of nitrogens with one attached hydrogen (secondary N) is 3. The van der Waals surface area contributed by atoms with Crippen molar-refractivity contribution in [1.82, 2.24) is 20.9 Å². The van der Waals surface area contributed by atoms with Gasteiger partial charge in [0.2, 0.25) is 17.7 Å². The first kappa shape index (κ1) is 30.9. The Morgan fingerprint density at radius 1 is 1.03 bits per heavy atom. The van der Waals surface area contributed by atoms with Crippen LogP contribution < -0.4 is 16.0 Å². The first-order valence-corrected chi connectivity index (χ1v) is 13.9. The van der Waals surface area contributed by atoms with Gasteiger partial charge in [0.1, 0.15) is 12.1 Å². The molecule has 3 atom stereocenters. The quantitative estimate of drug-likeness (QED) is 0.339. The summed E-state index contributed by atoms with van der Waals surface area (Å²) in [5.74, 6) is -0.0155. The maximum absolute atomic E-state index is 13.4. The molecule has 8 nitrogen and oxygen atoms in total. The number of amides is 3. The molecule has 4 N–H and O–H groups in total. The van der Waals surface area contributed by atoms with Crippen LogP contribution in [-0.2, 0) is 20.8 Å². The van der Waals surface area contributed by atoms with E-state index in [0.717, 1.165) is 29.3 Å². The SMILES string of the molecule is CC(C)(C)C(=O)N1CCCC1C(=O)N[C@H](Cc1ccc2ccccc2c1)C(=O)NCC(O)CNCC1CC1.Cl. The summed E-state index contributed by atoms with van der Waals surface area (Å²) < 4.78 is 0. The van der Waals surface area contributed by atoms with Crippen molar-refractivity contribution in [3.05, 3.63) is 48.0 Å². The van der Waals surface area contributed by atoms with Gasteiger partial charge in [-0.2, -0.15) is 0 Å². The molecular formula is C30H43ClN4O4. The monoisotopic (exact) mass is 558 g/mol. The van der Waals surface area contributed by atoms with Crippen molar-refractivity contribution in [2.24, 2.45) is 11.3 Å². The Morgan fingerprint density at radius 3 is 2.44 bits per heavy atom. The predicted molar refractivity (Wildman–Crippen MR) is 156 cm³/mol. The van der Waals surface area contributed by atoms with Crippen LogP contribution in [0.4, 0.5) is 0 Å². The average Bonchev–Trinajstić information content (AvgIpc) is 3.58. The fourth-order valence-electron chi connectivity index (χ4n) is 4.98. The zero-order valence-electron chi connectivity index (χ0n) is 23.2. The van der Waals surface area contributed by atoms with Crippen molar-refractivity contribution in [1.29, 1.82) is 0 Å². The Bertz CT molecular complexity index is 1150. The van der Waals surface area contributed by atoms with Crippen molar-refractivity contribution >= 4 is 40.9 Å². The molecule has 0 aromatic heterocycles. The van der Waals surface area contributed by atoms with Crippen molar-refractivity contribution in [2.45, 2.75) is 71.1 Å². The predicted octanol–water partition coefficient (Wildman–Crippen LogP) is 2.80. The Hall–Kier alpha value is -2.68. The molecular weight excluding hydrogens is 516 g/mol. The molecule has 4 rings (SSSR count). The molecule has 0 radical (unpaired) electrons. The minimum Gasteiger partial charge on any atom is -0.390 e. The highest BCUT2D eigenvalue weighted by Gasteiger charge is 2.39. The molecule has 2 unspecified atom stereocenters. The van der Waals surface area contributed by atoms with Gasteiger partial charge in [0.15, 0.2) is 0 Å². The number of likely N-dealkylation sites (tertiary alicyclic amines) is 1. The number of carbonyl (C=O) groups excluding carboxylic acids is 3. The molecule has 9 heteroatoms. The van der Waals surface area contributed by atoms with E-state index in [4.69, 9.17) is 0 Å². The molecule has 214 valence electrons. The molecule has 1 saturated heterocycles. The van der Waals surface area contributed by atoms with E-state index in [1.54, 1.807) is 4.90 Å². The lowest BCUT2D eigenvalue weighted by atomic mass is 9.94. The second-order valence-electron chi connectivity index (χ2n) is 11.9. The van der Waals surface area contributed by atoms with Gasteiger partial charge in [0, 0.05) is 31.5 Å². The van der Waals surface area contributed by atoms with E-state index in [1.807, 2.05) is 63.2 Å². The number of nitrogens with zero attached hydrogens (tertiary/aromatic N) is 1. The topological polar surface area (TPSA) is 111 Å². The van der Waals surface area contributed by atoms with E-state index in [-0.39, 0.29) is 36.7 Å². The Balaban J connectivity index is 0.00000420. The highest BCUT2D eigenvalue weighted by atomic mass is 35.5. The van der Waals surface area contributed by atoms with Crippen LogP contribution in [0, 0.1) is 11.3 Å². The van der Waals surface area contributed by atoms with Gasteiger partial charge in [-0.1, -0.05) is 63.2 Å². The maximum Gasteiger partial charge on any atom is 0.243 e. The number of hydrogen-bond donors (Lipinski definition) is 4. The van der Waals surface area contributed by atoms with Crippen molar-refractivity contribution < 1.29 is 19.5 Å². The molecule has 1 aliphatic carbocycles.